The Morgan fingerprint density at radius 1 is 1.18 bits per heavy atom. The number of anilines is 1. The van der Waals surface area contributed by atoms with Crippen molar-refractivity contribution in [2.24, 2.45) is 5.92 Å². The maximum absolute atomic E-state index is 13.1. The molecule has 1 atom stereocenters. The molecule has 1 aliphatic heterocycles. The SMILES string of the molecule is C=CCN(C(=O)C1CCCCC1)C1CC(=O)N(c2ccc(C(C)C)cc2)C1=O. The monoisotopic (exact) mass is 382 g/mol. The summed E-state index contributed by atoms with van der Waals surface area (Å²) in [6, 6.07) is 6.79. The second-order valence-electron chi connectivity index (χ2n) is 8.15. The molecule has 1 heterocycles. The second kappa shape index (κ2) is 8.72. The van der Waals surface area contributed by atoms with E-state index in [4.69, 9.17) is 0 Å². The number of hydrogen-bond donors (Lipinski definition) is 0. The van der Waals surface area contributed by atoms with Crippen LogP contribution in [0.4, 0.5) is 5.69 Å². The number of carbonyl (C=O) groups is 3. The first-order valence-corrected chi connectivity index (χ1v) is 10.3. The van der Waals surface area contributed by atoms with Gasteiger partial charge in [0.05, 0.1) is 12.1 Å². The number of imide groups is 1. The molecule has 0 aromatic heterocycles. The molecule has 3 amide bonds. The molecule has 0 radical (unpaired) electrons. The lowest BCUT2D eigenvalue weighted by atomic mass is 9.88. The van der Waals surface area contributed by atoms with Crippen molar-refractivity contribution in [3.8, 4) is 0 Å². The highest BCUT2D eigenvalue weighted by Crippen LogP contribution is 2.31. The lowest BCUT2D eigenvalue weighted by Gasteiger charge is -2.31. The predicted octanol–water partition coefficient (Wildman–Crippen LogP) is 4.04. The molecule has 1 saturated heterocycles. The maximum Gasteiger partial charge on any atom is 0.257 e. The molecule has 0 spiro atoms. The summed E-state index contributed by atoms with van der Waals surface area (Å²) in [6.45, 7) is 8.23. The van der Waals surface area contributed by atoms with E-state index in [0.717, 1.165) is 37.7 Å². The smallest absolute Gasteiger partial charge is 0.257 e. The second-order valence-corrected chi connectivity index (χ2v) is 8.15. The average Bonchev–Trinajstić information content (AvgIpc) is 3.00. The molecule has 2 aliphatic rings. The van der Waals surface area contributed by atoms with E-state index in [9.17, 15) is 14.4 Å². The summed E-state index contributed by atoms with van der Waals surface area (Å²) in [5, 5.41) is 0. The zero-order chi connectivity index (χ0) is 20.3. The van der Waals surface area contributed by atoms with E-state index in [0.29, 0.717) is 18.2 Å². The lowest BCUT2D eigenvalue weighted by molar-refractivity contribution is -0.142. The number of carbonyl (C=O) groups excluding carboxylic acids is 3. The zero-order valence-corrected chi connectivity index (χ0v) is 16.9. The van der Waals surface area contributed by atoms with E-state index in [1.54, 1.807) is 11.0 Å². The summed E-state index contributed by atoms with van der Waals surface area (Å²) in [4.78, 5) is 41.7. The Bertz CT molecular complexity index is 748. The predicted molar refractivity (Wildman–Crippen MR) is 110 cm³/mol. The Balaban J connectivity index is 1.81. The van der Waals surface area contributed by atoms with Crippen molar-refractivity contribution in [1.29, 1.82) is 0 Å². The van der Waals surface area contributed by atoms with E-state index < -0.39 is 6.04 Å². The molecule has 2 fully saturated rings. The van der Waals surface area contributed by atoms with Crippen LogP contribution in [0.3, 0.4) is 0 Å². The number of rotatable bonds is 6. The molecular weight excluding hydrogens is 352 g/mol. The van der Waals surface area contributed by atoms with Crippen molar-refractivity contribution >= 4 is 23.4 Å². The molecule has 28 heavy (non-hydrogen) atoms. The molecule has 5 nitrogen and oxygen atoms in total. The van der Waals surface area contributed by atoms with E-state index in [-0.39, 0.29) is 30.1 Å². The van der Waals surface area contributed by atoms with Gasteiger partial charge in [0.1, 0.15) is 6.04 Å². The highest BCUT2D eigenvalue weighted by molar-refractivity contribution is 6.23. The van der Waals surface area contributed by atoms with Gasteiger partial charge < -0.3 is 4.90 Å². The maximum atomic E-state index is 13.1. The van der Waals surface area contributed by atoms with Gasteiger partial charge in [-0.2, -0.15) is 0 Å². The average molecular weight is 383 g/mol. The van der Waals surface area contributed by atoms with Gasteiger partial charge in [0, 0.05) is 12.5 Å². The van der Waals surface area contributed by atoms with Crippen molar-refractivity contribution < 1.29 is 14.4 Å². The van der Waals surface area contributed by atoms with E-state index in [2.05, 4.69) is 20.4 Å². The Morgan fingerprint density at radius 3 is 2.39 bits per heavy atom. The van der Waals surface area contributed by atoms with Gasteiger partial charge in [-0.3, -0.25) is 14.4 Å². The highest BCUT2D eigenvalue weighted by atomic mass is 16.2. The van der Waals surface area contributed by atoms with Crippen molar-refractivity contribution in [2.75, 3.05) is 11.4 Å². The fourth-order valence-corrected chi connectivity index (χ4v) is 4.23. The highest BCUT2D eigenvalue weighted by Gasteiger charge is 2.45. The van der Waals surface area contributed by atoms with Gasteiger partial charge in [0.2, 0.25) is 11.8 Å². The van der Waals surface area contributed by atoms with Gasteiger partial charge in [-0.25, -0.2) is 4.90 Å². The van der Waals surface area contributed by atoms with E-state index in [1.807, 2.05) is 24.3 Å². The number of hydrogen-bond acceptors (Lipinski definition) is 3. The van der Waals surface area contributed by atoms with Crippen molar-refractivity contribution in [3.05, 3.63) is 42.5 Å². The minimum absolute atomic E-state index is 0.0113. The lowest BCUT2D eigenvalue weighted by Crippen LogP contribution is -2.48. The van der Waals surface area contributed by atoms with Crippen LogP contribution in [0.2, 0.25) is 0 Å². The first kappa shape index (κ1) is 20.3. The number of nitrogens with zero attached hydrogens (tertiary/aromatic N) is 2. The Hall–Kier alpha value is -2.43. The van der Waals surface area contributed by atoms with Crippen LogP contribution in [0, 0.1) is 5.92 Å². The van der Waals surface area contributed by atoms with Crippen molar-refractivity contribution in [2.45, 2.75) is 64.3 Å². The third-order valence-electron chi connectivity index (χ3n) is 5.88. The van der Waals surface area contributed by atoms with Crippen LogP contribution >= 0.6 is 0 Å². The first-order chi connectivity index (χ1) is 13.4. The molecule has 0 N–H and O–H groups in total. The van der Waals surface area contributed by atoms with Crippen LogP contribution in [0.25, 0.3) is 0 Å². The molecule has 150 valence electrons. The van der Waals surface area contributed by atoms with Gasteiger partial charge in [0.25, 0.3) is 5.91 Å². The first-order valence-electron chi connectivity index (χ1n) is 10.3. The third-order valence-corrected chi connectivity index (χ3v) is 5.88. The van der Waals surface area contributed by atoms with E-state index >= 15 is 0 Å². The van der Waals surface area contributed by atoms with Crippen molar-refractivity contribution in [3.63, 3.8) is 0 Å². The standard InChI is InChI=1S/C23H30N2O3/c1-4-14-24(22(27)18-8-6-5-7-9-18)20-15-21(26)25(23(20)28)19-12-10-17(11-13-19)16(2)3/h4,10-13,16,18,20H,1,5-9,14-15H2,2-3H3. The summed E-state index contributed by atoms with van der Waals surface area (Å²) < 4.78 is 0. The largest absolute Gasteiger partial charge is 0.326 e. The van der Waals surface area contributed by atoms with Crippen LogP contribution in [0.15, 0.2) is 36.9 Å². The molecule has 1 unspecified atom stereocenters. The van der Waals surface area contributed by atoms with Crippen LogP contribution < -0.4 is 4.90 Å². The minimum atomic E-state index is -0.732. The third kappa shape index (κ3) is 4.03. The van der Waals surface area contributed by atoms with Gasteiger partial charge in [-0.15, -0.1) is 6.58 Å². The molecule has 0 bridgehead atoms. The number of benzene rings is 1. The molecule has 1 aromatic rings. The quantitative estimate of drug-likeness (QED) is 0.551. The molecular formula is C23H30N2O3. The summed E-state index contributed by atoms with van der Waals surface area (Å²) in [7, 11) is 0. The van der Waals surface area contributed by atoms with Gasteiger partial charge in [-0.05, 0) is 36.5 Å². The van der Waals surface area contributed by atoms with Crippen LogP contribution in [-0.2, 0) is 14.4 Å². The number of amides is 3. The molecule has 1 saturated carbocycles. The Morgan fingerprint density at radius 2 is 1.82 bits per heavy atom. The molecule has 5 heteroatoms. The van der Waals surface area contributed by atoms with E-state index in [1.165, 1.54) is 4.90 Å². The van der Waals surface area contributed by atoms with Gasteiger partial charge in [-0.1, -0.05) is 51.3 Å². The summed E-state index contributed by atoms with van der Waals surface area (Å²) in [5.41, 5.74) is 1.73. The summed E-state index contributed by atoms with van der Waals surface area (Å²) >= 11 is 0. The Kier molecular flexibility index (Phi) is 6.32. The minimum Gasteiger partial charge on any atom is -0.326 e. The fraction of sp³-hybridized carbons (Fsp3) is 0.522. The molecule has 1 aromatic carbocycles. The van der Waals surface area contributed by atoms with Gasteiger partial charge >= 0.3 is 0 Å². The Labute approximate surface area is 167 Å². The van der Waals surface area contributed by atoms with Crippen LogP contribution in [-0.4, -0.2) is 35.2 Å². The summed E-state index contributed by atoms with van der Waals surface area (Å²) in [5.74, 6) is -0.243. The zero-order valence-electron chi connectivity index (χ0n) is 16.9. The van der Waals surface area contributed by atoms with Gasteiger partial charge in [0.15, 0.2) is 0 Å². The molecule has 3 rings (SSSR count). The normalized spacial score (nSPS) is 20.7. The van der Waals surface area contributed by atoms with Crippen LogP contribution in [0.1, 0.15) is 63.9 Å². The van der Waals surface area contributed by atoms with Crippen LogP contribution in [0.5, 0.6) is 0 Å². The van der Waals surface area contributed by atoms with Crippen molar-refractivity contribution in [1.82, 2.24) is 4.90 Å². The summed E-state index contributed by atoms with van der Waals surface area (Å²) in [6.07, 6.45) is 6.65. The molecule has 1 aliphatic carbocycles. The fourth-order valence-electron chi connectivity index (χ4n) is 4.23. The topological polar surface area (TPSA) is 57.7 Å².